The van der Waals surface area contributed by atoms with Crippen molar-refractivity contribution in [2.45, 2.75) is 13.8 Å². The molecule has 1 aromatic rings. The van der Waals surface area contributed by atoms with E-state index in [0.717, 1.165) is 16.3 Å². The largest absolute Gasteiger partial charge is 0.267 e. The number of hydrogen-bond acceptors (Lipinski definition) is 2. The van der Waals surface area contributed by atoms with Crippen LogP contribution in [0.5, 0.6) is 0 Å². The first kappa shape index (κ1) is 8.65. The van der Waals surface area contributed by atoms with Crippen LogP contribution >= 0.6 is 0 Å². The van der Waals surface area contributed by atoms with Crippen molar-refractivity contribution in [2.75, 3.05) is 0 Å². The van der Waals surface area contributed by atoms with Gasteiger partial charge in [-0.15, -0.1) is 0 Å². The third-order valence-electron chi connectivity index (χ3n) is 1.50. The van der Waals surface area contributed by atoms with Gasteiger partial charge in [0.05, 0.1) is 11.5 Å². The summed E-state index contributed by atoms with van der Waals surface area (Å²) in [4.78, 5) is 8.27. The molecule has 0 N–H and O–H groups in total. The summed E-state index contributed by atoms with van der Waals surface area (Å²) >= 11 is 0. The molecule has 0 radical (unpaired) electrons. The molecule has 2 heteroatoms. The van der Waals surface area contributed by atoms with Crippen LogP contribution in [0.25, 0.3) is 12.8 Å². The van der Waals surface area contributed by atoms with Crippen molar-refractivity contribution in [3.63, 3.8) is 0 Å². The third-order valence-corrected chi connectivity index (χ3v) is 1.50. The van der Waals surface area contributed by atoms with Crippen molar-refractivity contribution in [1.29, 1.82) is 0 Å². The first-order valence-electron chi connectivity index (χ1n) is 3.84. The molecule has 1 aromatic heterocycles. The Kier molecular flexibility index (Phi) is 2.75. The van der Waals surface area contributed by atoms with Crippen LogP contribution in [0.3, 0.4) is 0 Å². The zero-order valence-corrected chi connectivity index (χ0v) is 7.41. The summed E-state index contributed by atoms with van der Waals surface area (Å²) in [6.07, 6.45) is 3.44. The van der Waals surface area contributed by atoms with E-state index in [9.17, 15) is 0 Å². The van der Waals surface area contributed by atoms with Crippen LogP contribution < -0.4 is 10.6 Å². The Hall–Kier alpha value is -1.44. The van der Waals surface area contributed by atoms with E-state index < -0.39 is 0 Å². The van der Waals surface area contributed by atoms with E-state index >= 15 is 0 Å². The van der Waals surface area contributed by atoms with Crippen LogP contribution in [0.2, 0.25) is 0 Å². The van der Waals surface area contributed by atoms with Crippen LogP contribution in [0.15, 0.2) is 17.1 Å². The first-order valence-corrected chi connectivity index (χ1v) is 3.84. The van der Waals surface area contributed by atoms with E-state index in [4.69, 9.17) is 0 Å². The van der Waals surface area contributed by atoms with Crippen molar-refractivity contribution in [1.82, 2.24) is 4.98 Å². The summed E-state index contributed by atoms with van der Waals surface area (Å²) in [7, 11) is 0. The molecule has 0 atom stereocenters. The molecule has 0 aromatic carbocycles. The summed E-state index contributed by atoms with van der Waals surface area (Å²) in [5.74, 6) is 0. The van der Waals surface area contributed by atoms with E-state index in [-0.39, 0.29) is 0 Å². The number of rotatable bonds is 1. The highest BCUT2D eigenvalue weighted by Crippen LogP contribution is 1.79. The number of aromatic nitrogens is 1. The van der Waals surface area contributed by atoms with Crippen LogP contribution in [-0.4, -0.2) is 11.2 Å². The maximum atomic E-state index is 4.28. The van der Waals surface area contributed by atoms with Crippen LogP contribution in [-0.2, 0) is 0 Å². The molecule has 0 fully saturated rings. The zero-order chi connectivity index (χ0) is 8.97. The van der Waals surface area contributed by atoms with Gasteiger partial charge in [0.1, 0.15) is 0 Å². The second-order valence-corrected chi connectivity index (χ2v) is 2.53. The monoisotopic (exact) mass is 160 g/mol. The maximum Gasteiger partial charge on any atom is 0.0881 e. The van der Waals surface area contributed by atoms with E-state index in [0.29, 0.717) is 0 Å². The molecule has 0 saturated heterocycles. The molecule has 0 bridgehead atoms. The van der Waals surface area contributed by atoms with E-state index in [1.54, 1.807) is 12.4 Å². The Morgan fingerprint density at radius 3 is 2.92 bits per heavy atom. The number of hydrogen-bond donors (Lipinski definition) is 0. The highest BCUT2D eigenvalue weighted by Gasteiger charge is 1.84. The molecular formula is C10H12N2. The molecule has 0 unspecified atom stereocenters. The fourth-order valence-electron chi connectivity index (χ4n) is 0.863. The van der Waals surface area contributed by atoms with Gasteiger partial charge in [-0.25, -0.2) is 0 Å². The lowest BCUT2D eigenvalue weighted by atomic mass is 10.3. The second kappa shape index (κ2) is 3.81. The Morgan fingerprint density at radius 1 is 1.50 bits per heavy atom. The minimum absolute atomic E-state index is 0.841. The van der Waals surface area contributed by atoms with Gasteiger partial charge in [0.2, 0.25) is 0 Å². The minimum atomic E-state index is 0.841. The smallest absolute Gasteiger partial charge is 0.0881 e. The molecule has 0 aliphatic rings. The normalized spacial score (nSPS) is 12.7. The Balaban J connectivity index is 3.32. The topological polar surface area (TPSA) is 25.2 Å². The summed E-state index contributed by atoms with van der Waals surface area (Å²) in [5.41, 5.74) is 0.986. The molecule has 0 saturated carbocycles. The molecule has 1 rings (SSSR count). The average Bonchev–Trinajstić information content (AvgIpc) is 2.07. The highest BCUT2D eigenvalue weighted by molar-refractivity contribution is 5.57. The van der Waals surface area contributed by atoms with E-state index in [2.05, 4.69) is 16.6 Å². The molecule has 0 aliphatic heterocycles. The van der Waals surface area contributed by atoms with Crippen LogP contribution in [0.4, 0.5) is 0 Å². The SMILES string of the molecule is C=c1ccc(C)n/c1=C/N=C\C. The molecule has 12 heavy (non-hydrogen) atoms. The third kappa shape index (κ3) is 2.02. The lowest BCUT2D eigenvalue weighted by Crippen LogP contribution is -2.26. The van der Waals surface area contributed by atoms with Gasteiger partial charge in [-0.05, 0) is 25.1 Å². The molecular weight excluding hydrogens is 148 g/mol. The fourth-order valence-corrected chi connectivity index (χ4v) is 0.863. The van der Waals surface area contributed by atoms with E-state index in [1.165, 1.54) is 0 Å². The number of pyridine rings is 1. The molecule has 0 aliphatic carbocycles. The Labute approximate surface area is 72.0 Å². The quantitative estimate of drug-likeness (QED) is 0.553. The van der Waals surface area contributed by atoms with Gasteiger partial charge in [0.25, 0.3) is 0 Å². The minimum Gasteiger partial charge on any atom is -0.267 e. The summed E-state index contributed by atoms with van der Waals surface area (Å²) in [6, 6.07) is 3.88. The average molecular weight is 160 g/mol. The molecule has 0 spiro atoms. The van der Waals surface area contributed by atoms with Crippen molar-refractivity contribution in [3.05, 3.63) is 28.4 Å². The van der Waals surface area contributed by atoms with Crippen molar-refractivity contribution < 1.29 is 0 Å². The number of aliphatic imine (C=N–C) groups is 1. The van der Waals surface area contributed by atoms with Gasteiger partial charge in [0.15, 0.2) is 0 Å². The molecule has 1 heterocycles. The van der Waals surface area contributed by atoms with Gasteiger partial charge >= 0.3 is 0 Å². The van der Waals surface area contributed by atoms with Gasteiger partial charge in [-0.1, -0.05) is 12.6 Å². The lowest BCUT2D eigenvalue weighted by molar-refractivity contribution is 1.13. The summed E-state index contributed by atoms with van der Waals surface area (Å²) < 4.78 is 0. The molecule has 62 valence electrons. The van der Waals surface area contributed by atoms with Crippen molar-refractivity contribution >= 4 is 19.0 Å². The Morgan fingerprint density at radius 2 is 2.25 bits per heavy atom. The van der Waals surface area contributed by atoms with Gasteiger partial charge in [0, 0.05) is 11.9 Å². The van der Waals surface area contributed by atoms with Crippen molar-refractivity contribution in [2.24, 2.45) is 4.99 Å². The summed E-state index contributed by atoms with van der Waals surface area (Å²) in [5, 5.41) is 1.75. The van der Waals surface area contributed by atoms with E-state index in [1.807, 2.05) is 26.0 Å². The van der Waals surface area contributed by atoms with Gasteiger partial charge < -0.3 is 0 Å². The first-order chi connectivity index (χ1) is 5.74. The maximum absolute atomic E-state index is 4.28. The van der Waals surface area contributed by atoms with Gasteiger partial charge in [-0.3, -0.25) is 9.98 Å². The zero-order valence-electron chi connectivity index (χ0n) is 7.41. The predicted molar refractivity (Wildman–Crippen MR) is 52.4 cm³/mol. The number of nitrogens with zero attached hydrogens (tertiary/aromatic N) is 2. The van der Waals surface area contributed by atoms with Crippen LogP contribution in [0, 0.1) is 6.92 Å². The fraction of sp³-hybridized carbons (Fsp3) is 0.200. The van der Waals surface area contributed by atoms with Crippen LogP contribution in [0.1, 0.15) is 12.6 Å². The Bertz CT molecular complexity index is 391. The predicted octanol–water partition coefficient (Wildman–Crippen LogP) is 0.629. The molecule has 0 amide bonds. The summed E-state index contributed by atoms with van der Waals surface area (Å²) in [6.45, 7) is 7.67. The lowest BCUT2D eigenvalue weighted by Gasteiger charge is -1.89. The van der Waals surface area contributed by atoms with Gasteiger partial charge in [-0.2, -0.15) is 0 Å². The molecule has 2 nitrogen and oxygen atoms in total. The second-order valence-electron chi connectivity index (χ2n) is 2.53. The standard InChI is InChI=1S/C10H12N2/c1-4-11-7-10-8(2)5-6-9(3)12-10/h4-7H,2H2,1,3H3/b10-7+,11-4-. The highest BCUT2D eigenvalue weighted by atomic mass is 14.7. The number of aryl methyl sites for hydroxylation is 1. The van der Waals surface area contributed by atoms with Crippen molar-refractivity contribution in [3.8, 4) is 0 Å².